The van der Waals surface area contributed by atoms with E-state index >= 15 is 0 Å². The van der Waals surface area contributed by atoms with Crippen LogP contribution in [0.25, 0.3) is 0 Å². The Morgan fingerprint density at radius 2 is 2.11 bits per heavy atom. The summed E-state index contributed by atoms with van der Waals surface area (Å²) in [5.41, 5.74) is -0.527. The van der Waals surface area contributed by atoms with E-state index in [9.17, 15) is 13.6 Å². The smallest absolute Gasteiger partial charge is 0.339 e. The number of aromatic nitrogens is 2. The number of hydrogen-bond acceptors (Lipinski definition) is 2. The van der Waals surface area contributed by atoms with Gasteiger partial charge in [0, 0.05) is 5.02 Å². The fourth-order valence-electron chi connectivity index (χ4n) is 1.70. The number of carboxylic acids is 1. The number of rotatable bonds is 4. The van der Waals surface area contributed by atoms with Crippen molar-refractivity contribution in [2.45, 2.75) is 13.0 Å². The number of benzene rings is 1. The van der Waals surface area contributed by atoms with E-state index in [1.807, 2.05) is 0 Å². The normalized spacial score (nSPS) is 10.9. The molecule has 1 N–H and O–H groups in total. The number of nitrogens with zero attached hydrogens (tertiary/aromatic N) is 2. The number of alkyl halides is 2. The number of halogens is 3. The molecule has 0 fully saturated rings. The number of carbonyl (C=O) groups is 1. The van der Waals surface area contributed by atoms with Gasteiger partial charge < -0.3 is 5.11 Å². The Hall–Kier alpha value is -1.95. The van der Waals surface area contributed by atoms with Gasteiger partial charge in [-0.25, -0.2) is 13.6 Å². The lowest BCUT2D eigenvalue weighted by Crippen LogP contribution is -2.10. The van der Waals surface area contributed by atoms with Crippen molar-refractivity contribution in [1.29, 1.82) is 0 Å². The summed E-state index contributed by atoms with van der Waals surface area (Å²) < 4.78 is 26.8. The molecule has 0 spiro atoms. The second-order valence-electron chi connectivity index (χ2n) is 3.80. The third-order valence-corrected chi connectivity index (χ3v) is 2.96. The Morgan fingerprint density at radius 1 is 1.42 bits per heavy atom. The van der Waals surface area contributed by atoms with Crippen LogP contribution in [0.15, 0.2) is 30.5 Å². The molecule has 0 saturated heterocycles. The van der Waals surface area contributed by atoms with E-state index in [0.717, 1.165) is 10.9 Å². The summed E-state index contributed by atoms with van der Waals surface area (Å²) in [6.45, 7) is -0.00731. The van der Waals surface area contributed by atoms with E-state index in [1.54, 1.807) is 24.3 Å². The molecule has 0 aliphatic carbocycles. The fraction of sp³-hybridized carbons (Fsp3) is 0.167. The first kappa shape index (κ1) is 13.5. The Bertz CT molecular complexity index is 614. The summed E-state index contributed by atoms with van der Waals surface area (Å²) in [6.07, 6.45) is -2.00. The van der Waals surface area contributed by atoms with Crippen LogP contribution in [0.1, 0.15) is 28.0 Å². The summed E-state index contributed by atoms with van der Waals surface area (Å²) in [6, 6.07) is 6.72. The average Bonchev–Trinajstić information content (AvgIpc) is 2.76. The van der Waals surface area contributed by atoms with Crippen LogP contribution in [0.4, 0.5) is 8.78 Å². The van der Waals surface area contributed by atoms with Crippen LogP contribution in [0.2, 0.25) is 5.02 Å². The van der Waals surface area contributed by atoms with E-state index in [4.69, 9.17) is 16.7 Å². The predicted octanol–water partition coefficient (Wildman–Crippen LogP) is 3.22. The molecule has 0 saturated carbocycles. The Labute approximate surface area is 112 Å². The molecule has 2 rings (SSSR count). The van der Waals surface area contributed by atoms with Crippen LogP contribution in [-0.2, 0) is 6.54 Å². The summed E-state index contributed by atoms with van der Waals surface area (Å²) in [5, 5.41) is 12.9. The molecule has 7 heteroatoms. The SMILES string of the molecule is O=C(O)c1cnn(Cc2ccccc2Cl)c1C(F)F. The van der Waals surface area contributed by atoms with E-state index < -0.39 is 23.7 Å². The minimum absolute atomic E-state index is 0.00731. The Kier molecular flexibility index (Phi) is 3.80. The largest absolute Gasteiger partial charge is 0.478 e. The van der Waals surface area contributed by atoms with Crippen molar-refractivity contribution in [3.8, 4) is 0 Å². The first-order chi connectivity index (χ1) is 9.00. The van der Waals surface area contributed by atoms with Crippen LogP contribution >= 0.6 is 11.6 Å². The van der Waals surface area contributed by atoms with Crippen LogP contribution in [-0.4, -0.2) is 20.9 Å². The number of aromatic carboxylic acids is 1. The van der Waals surface area contributed by atoms with E-state index in [-0.39, 0.29) is 6.54 Å². The van der Waals surface area contributed by atoms with Gasteiger partial charge in [-0.3, -0.25) is 4.68 Å². The van der Waals surface area contributed by atoms with Crippen molar-refractivity contribution in [3.05, 3.63) is 52.3 Å². The zero-order valence-electron chi connectivity index (χ0n) is 9.55. The van der Waals surface area contributed by atoms with Gasteiger partial charge in [0.05, 0.1) is 12.7 Å². The highest BCUT2D eigenvalue weighted by Crippen LogP contribution is 2.25. The van der Waals surface area contributed by atoms with Gasteiger partial charge >= 0.3 is 5.97 Å². The molecule has 100 valence electrons. The summed E-state index contributed by atoms with van der Waals surface area (Å²) in [7, 11) is 0. The molecule has 19 heavy (non-hydrogen) atoms. The van der Waals surface area contributed by atoms with E-state index in [2.05, 4.69) is 5.10 Å². The number of hydrogen-bond donors (Lipinski definition) is 1. The standard InChI is InChI=1S/C12H9ClF2N2O2/c13-9-4-2-1-3-7(9)6-17-10(11(14)15)8(5-16-17)12(18)19/h1-5,11H,6H2,(H,18,19). The second kappa shape index (κ2) is 5.36. The maximum Gasteiger partial charge on any atom is 0.339 e. The summed E-state index contributed by atoms with van der Waals surface area (Å²) in [4.78, 5) is 10.8. The molecule has 1 heterocycles. The third-order valence-electron chi connectivity index (χ3n) is 2.60. The molecule has 1 aromatic heterocycles. The van der Waals surface area contributed by atoms with Gasteiger partial charge in [0.2, 0.25) is 0 Å². The van der Waals surface area contributed by atoms with Crippen molar-refractivity contribution < 1.29 is 18.7 Å². The molecule has 0 radical (unpaired) electrons. The third kappa shape index (κ3) is 2.73. The highest BCUT2D eigenvalue weighted by molar-refractivity contribution is 6.31. The maximum absolute atomic E-state index is 12.9. The minimum atomic E-state index is -2.92. The minimum Gasteiger partial charge on any atom is -0.478 e. The lowest BCUT2D eigenvalue weighted by atomic mass is 10.2. The topological polar surface area (TPSA) is 55.1 Å². The molecular weight excluding hydrogens is 278 g/mol. The molecule has 0 atom stereocenters. The first-order valence-electron chi connectivity index (χ1n) is 5.31. The first-order valence-corrected chi connectivity index (χ1v) is 5.69. The van der Waals surface area contributed by atoms with Gasteiger partial charge in [-0.05, 0) is 11.6 Å². The lowest BCUT2D eigenvalue weighted by Gasteiger charge is -2.09. The van der Waals surface area contributed by atoms with Crippen molar-refractivity contribution in [2.75, 3.05) is 0 Å². The van der Waals surface area contributed by atoms with Gasteiger partial charge in [-0.2, -0.15) is 5.10 Å². The highest BCUT2D eigenvalue weighted by Gasteiger charge is 2.24. The fourth-order valence-corrected chi connectivity index (χ4v) is 1.90. The van der Waals surface area contributed by atoms with Crippen molar-refractivity contribution >= 4 is 17.6 Å². The number of carboxylic acid groups (broad SMARTS) is 1. The molecule has 0 aliphatic heterocycles. The second-order valence-corrected chi connectivity index (χ2v) is 4.21. The molecule has 1 aromatic carbocycles. The molecular formula is C12H9ClF2N2O2. The zero-order chi connectivity index (χ0) is 14.0. The monoisotopic (exact) mass is 286 g/mol. The van der Waals surface area contributed by atoms with Gasteiger partial charge in [0.1, 0.15) is 11.3 Å². The average molecular weight is 287 g/mol. The van der Waals surface area contributed by atoms with Gasteiger partial charge in [0.15, 0.2) is 0 Å². The molecule has 4 nitrogen and oxygen atoms in total. The van der Waals surface area contributed by atoms with Crippen LogP contribution in [0.5, 0.6) is 0 Å². The predicted molar refractivity (Wildman–Crippen MR) is 64.7 cm³/mol. The van der Waals surface area contributed by atoms with Crippen LogP contribution in [0, 0.1) is 0 Å². The summed E-state index contributed by atoms with van der Waals surface area (Å²) in [5.74, 6) is -1.43. The lowest BCUT2D eigenvalue weighted by molar-refractivity contribution is 0.0682. The van der Waals surface area contributed by atoms with Crippen LogP contribution in [0.3, 0.4) is 0 Å². The Morgan fingerprint density at radius 3 is 2.68 bits per heavy atom. The van der Waals surface area contributed by atoms with Crippen molar-refractivity contribution in [3.63, 3.8) is 0 Å². The van der Waals surface area contributed by atoms with E-state index in [0.29, 0.717) is 10.6 Å². The van der Waals surface area contributed by atoms with Gasteiger partial charge in [-0.15, -0.1) is 0 Å². The zero-order valence-corrected chi connectivity index (χ0v) is 10.3. The maximum atomic E-state index is 12.9. The molecule has 2 aromatic rings. The Balaban J connectivity index is 2.41. The van der Waals surface area contributed by atoms with E-state index in [1.165, 1.54) is 0 Å². The van der Waals surface area contributed by atoms with Gasteiger partial charge in [-0.1, -0.05) is 29.8 Å². The van der Waals surface area contributed by atoms with Crippen molar-refractivity contribution in [2.24, 2.45) is 0 Å². The summed E-state index contributed by atoms with van der Waals surface area (Å²) >= 11 is 5.93. The quantitative estimate of drug-likeness (QED) is 0.939. The van der Waals surface area contributed by atoms with Crippen LogP contribution < -0.4 is 0 Å². The molecule has 0 amide bonds. The highest BCUT2D eigenvalue weighted by atomic mass is 35.5. The van der Waals surface area contributed by atoms with Gasteiger partial charge in [0.25, 0.3) is 6.43 Å². The molecule has 0 unspecified atom stereocenters. The molecule has 0 bridgehead atoms. The van der Waals surface area contributed by atoms with Crippen molar-refractivity contribution in [1.82, 2.24) is 9.78 Å². The molecule has 0 aliphatic rings.